The van der Waals surface area contributed by atoms with E-state index >= 15 is 0 Å². The number of rotatable bonds is 7. The summed E-state index contributed by atoms with van der Waals surface area (Å²) in [6.07, 6.45) is 6.69. The average Bonchev–Trinajstić information content (AvgIpc) is 2.62. The molecule has 0 unspecified atom stereocenters. The summed E-state index contributed by atoms with van der Waals surface area (Å²) >= 11 is 8.41. The zero-order valence-electron chi connectivity index (χ0n) is 14.0. The van der Waals surface area contributed by atoms with Crippen LogP contribution in [-0.4, -0.2) is 25.3 Å². The van der Waals surface area contributed by atoms with Crippen molar-refractivity contribution in [1.82, 2.24) is 5.43 Å². The van der Waals surface area contributed by atoms with Gasteiger partial charge in [0.15, 0.2) is 11.5 Å². The SMILES string of the molecule is C#CCOc1c(Cl)cc(/C=N\NC(=O)c2ccc(I)cc2)cc1OCC. The van der Waals surface area contributed by atoms with Crippen LogP contribution in [0, 0.1) is 15.9 Å². The minimum Gasteiger partial charge on any atom is -0.490 e. The van der Waals surface area contributed by atoms with E-state index in [1.165, 1.54) is 6.21 Å². The quantitative estimate of drug-likeness (QED) is 0.280. The van der Waals surface area contributed by atoms with Gasteiger partial charge in [0.05, 0.1) is 17.8 Å². The molecule has 0 fully saturated rings. The molecule has 1 N–H and O–H groups in total. The minimum atomic E-state index is -0.303. The van der Waals surface area contributed by atoms with E-state index in [2.05, 4.69) is 39.0 Å². The van der Waals surface area contributed by atoms with Crippen LogP contribution in [0.15, 0.2) is 41.5 Å². The zero-order chi connectivity index (χ0) is 18.9. The van der Waals surface area contributed by atoms with Gasteiger partial charge in [-0.05, 0) is 71.5 Å². The first-order chi connectivity index (χ1) is 12.5. The van der Waals surface area contributed by atoms with Crippen molar-refractivity contribution in [2.45, 2.75) is 6.92 Å². The molecule has 2 aromatic carbocycles. The van der Waals surface area contributed by atoms with E-state index in [0.29, 0.717) is 34.3 Å². The van der Waals surface area contributed by atoms with Crippen molar-refractivity contribution in [1.29, 1.82) is 0 Å². The average molecular weight is 483 g/mol. The molecule has 0 bridgehead atoms. The van der Waals surface area contributed by atoms with Crippen LogP contribution in [0.25, 0.3) is 0 Å². The Morgan fingerprint density at radius 2 is 2.08 bits per heavy atom. The Kier molecular flexibility index (Phi) is 7.75. The molecule has 7 heteroatoms. The Labute approximate surface area is 170 Å². The van der Waals surface area contributed by atoms with Crippen LogP contribution in [0.3, 0.4) is 0 Å². The van der Waals surface area contributed by atoms with Crippen molar-refractivity contribution < 1.29 is 14.3 Å². The number of terminal acetylenes is 1. The molecular formula is C19H16ClIN2O3. The summed E-state index contributed by atoms with van der Waals surface area (Å²) in [6.45, 7) is 2.37. The molecule has 0 aliphatic carbocycles. The second-order valence-corrected chi connectivity index (χ2v) is 6.61. The molecular weight excluding hydrogens is 467 g/mol. The van der Waals surface area contributed by atoms with Crippen molar-refractivity contribution in [3.63, 3.8) is 0 Å². The molecule has 0 heterocycles. The first kappa shape index (κ1) is 20.1. The maximum atomic E-state index is 12.0. The highest BCUT2D eigenvalue weighted by atomic mass is 127. The molecule has 26 heavy (non-hydrogen) atoms. The molecule has 0 aliphatic rings. The number of ether oxygens (including phenoxy) is 2. The zero-order valence-corrected chi connectivity index (χ0v) is 16.9. The molecule has 0 atom stereocenters. The molecule has 5 nitrogen and oxygen atoms in total. The van der Waals surface area contributed by atoms with E-state index in [0.717, 1.165) is 3.57 Å². The van der Waals surface area contributed by atoms with Gasteiger partial charge >= 0.3 is 0 Å². The molecule has 0 radical (unpaired) electrons. The van der Waals surface area contributed by atoms with E-state index in [1.807, 2.05) is 19.1 Å². The Hall–Kier alpha value is -2.24. The van der Waals surface area contributed by atoms with E-state index in [9.17, 15) is 4.79 Å². The number of nitrogens with zero attached hydrogens (tertiary/aromatic N) is 1. The van der Waals surface area contributed by atoms with Crippen LogP contribution in [0.4, 0.5) is 0 Å². The second-order valence-electron chi connectivity index (χ2n) is 4.96. The molecule has 0 saturated carbocycles. The van der Waals surface area contributed by atoms with Crippen LogP contribution in [0.5, 0.6) is 11.5 Å². The smallest absolute Gasteiger partial charge is 0.271 e. The van der Waals surface area contributed by atoms with Gasteiger partial charge < -0.3 is 9.47 Å². The maximum Gasteiger partial charge on any atom is 0.271 e. The van der Waals surface area contributed by atoms with Crippen LogP contribution in [0.2, 0.25) is 5.02 Å². The van der Waals surface area contributed by atoms with Crippen LogP contribution in [0.1, 0.15) is 22.8 Å². The fourth-order valence-electron chi connectivity index (χ4n) is 2.01. The van der Waals surface area contributed by atoms with Crippen molar-refractivity contribution in [3.05, 3.63) is 56.1 Å². The summed E-state index contributed by atoms with van der Waals surface area (Å²) in [5.41, 5.74) is 3.64. The monoisotopic (exact) mass is 482 g/mol. The minimum absolute atomic E-state index is 0.0826. The van der Waals surface area contributed by atoms with Gasteiger partial charge in [-0.25, -0.2) is 5.43 Å². The van der Waals surface area contributed by atoms with Gasteiger partial charge in [-0.2, -0.15) is 5.10 Å². The molecule has 2 rings (SSSR count). The second kappa shape index (κ2) is 10.0. The van der Waals surface area contributed by atoms with E-state index in [4.69, 9.17) is 27.5 Å². The lowest BCUT2D eigenvalue weighted by Gasteiger charge is -2.12. The molecule has 0 spiro atoms. The summed E-state index contributed by atoms with van der Waals surface area (Å²) in [6, 6.07) is 10.5. The summed E-state index contributed by atoms with van der Waals surface area (Å²) in [4.78, 5) is 12.0. The normalized spacial score (nSPS) is 10.4. The predicted octanol–water partition coefficient (Wildman–Crippen LogP) is 4.12. The van der Waals surface area contributed by atoms with Crippen molar-refractivity contribution in [2.75, 3.05) is 13.2 Å². The lowest BCUT2D eigenvalue weighted by molar-refractivity contribution is 0.0955. The van der Waals surface area contributed by atoms with Crippen LogP contribution >= 0.6 is 34.2 Å². The van der Waals surface area contributed by atoms with Crippen molar-refractivity contribution in [2.24, 2.45) is 5.10 Å². The number of nitrogens with one attached hydrogen (secondary N) is 1. The molecule has 2 aromatic rings. The highest BCUT2D eigenvalue weighted by molar-refractivity contribution is 14.1. The van der Waals surface area contributed by atoms with E-state index < -0.39 is 0 Å². The van der Waals surface area contributed by atoms with Crippen LogP contribution < -0.4 is 14.9 Å². The lowest BCUT2D eigenvalue weighted by Crippen LogP contribution is -2.17. The standard InChI is InChI=1S/C19H16ClIN2O3/c1-3-9-26-18-16(20)10-13(11-17(18)25-4-2)12-22-23-19(24)14-5-7-15(21)8-6-14/h1,5-8,10-12H,4,9H2,2H3,(H,23,24)/b22-12-. The topological polar surface area (TPSA) is 59.9 Å². The van der Waals surface area contributed by atoms with Gasteiger partial charge in [0.1, 0.15) is 6.61 Å². The summed E-state index contributed by atoms with van der Waals surface area (Å²) in [5.74, 6) is 2.92. The first-order valence-electron chi connectivity index (χ1n) is 7.66. The molecule has 0 aromatic heterocycles. The number of hydrogen-bond donors (Lipinski definition) is 1. The molecule has 1 amide bonds. The largest absolute Gasteiger partial charge is 0.490 e. The van der Waals surface area contributed by atoms with Crippen LogP contribution in [-0.2, 0) is 0 Å². The fourth-order valence-corrected chi connectivity index (χ4v) is 2.64. The highest BCUT2D eigenvalue weighted by Gasteiger charge is 2.12. The third-order valence-corrected chi connectivity index (χ3v) is 4.12. The number of benzene rings is 2. The van der Waals surface area contributed by atoms with Gasteiger partial charge in [0.2, 0.25) is 0 Å². The summed E-state index contributed by atoms with van der Waals surface area (Å²) in [5, 5.41) is 4.30. The molecule has 0 saturated heterocycles. The highest BCUT2D eigenvalue weighted by Crippen LogP contribution is 2.36. The van der Waals surface area contributed by atoms with Gasteiger partial charge in [0, 0.05) is 9.13 Å². The van der Waals surface area contributed by atoms with Gasteiger partial charge in [-0.15, -0.1) is 6.42 Å². The third kappa shape index (κ3) is 5.64. The maximum absolute atomic E-state index is 12.0. The Balaban J connectivity index is 2.12. The van der Waals surface area contributed by atoms with Crippen molar-refractivity contribution in [3.8, 4) is 23.8 Å². The number of hydrogen-bond acceptors (Lipinski definition) is 4. The number of halogens is 2. The Bertz CT molecular complexity index is 845. The number of carbonyl (C=O) groups is 1. The number of hydrazone groups is 1. The van der Waals surface area contributed by atoms with Crippen molar-refractivity contribution >= 4 is 46.3 Å². The van der Waals surface area contributed by atoms with Gasteiger partial charge in [-0.3, -0.25) is 4.79 Å². The predicted molar refractivity (Wildman–Crippen MR) is 111 cm³/mol. The number of amides is 1. The fraction of sp³-hybridized carbons (Fsp3) is 0.158. The third-order valence-electron chi connectivity index (χ3n) is 3.12. The Morgan fingerprint density at radius 3 is 2.73 bits per heavy atom. The molecule has 134 valence electrons. The summed E-state index contributed by atoms with van der Waals surface area (Å²) in [7, 11) is 0. The van der Waals surface area contributed by atoms with E-state index in [1.54, 1.807) is 24.3 Å². The van der Waals surface area contributed by atoms with Gasteiger partial charge in [-0.1, -0.05) is 17.5 Å². The summed E-state index contributed by atoms with van der Waals surface area (Å²) < 4.78 is 12.0. The molecule has 0 aliphatic heterocycles. The van der Waals surface area contributed by atoms with E-state index in [-0.39, 0.29) is 12.5 Å². The van der Waals surface area contributed by atoms with Gasteiger partial charge in [0.25, 0.3) is 5.91 Å². The number of carbonyl (C=O) groups excluding carboxylic acids is 1. The first-order valence-corrected chi connectivity index (χ1v) is 9.12. The lowest BCUT2D eigenvalue weighted by atomic mass is 10.2. The Morgan fingerprint density at radius 1 is 1.35 bits per heavy atom.